The zero-order valence-electron chi connectivity index (χ0n) is 14.1. The third-order valence-electron chi connectivity index (χ3n) is 2.65. The maximum atomic E-state index is 6.23. The van der Waals surface area contributed by atoms with E-state index in [1.807, 2.05) is 6.92 Å². The fraction of sp³-hybridized carbons (Fsp3) is 1.00. The van der Waals surface area contributed by atoms with E-state index in [4.69, 9.17) is 13.6 Å². The molecule has 0 amide bonds. The minimum atomic E-state index is -1.66. The molecule has 0 aliphatic heterocycles. The monoisotopic (exact) mass is 307 g/mol. The normalized spacial score (nSPS) is 15.0. The molecule has 0 saturated heterocycles. The van der Waals surface area contributed by atoms with Crippen LogP contribution in [0.4, 0.5) is 0 Å². The SMILES string of the molecule is CCOC(C)N(C)CCOC[Si](C)(C)O[Si](C)(C)C. The maximum Gasteiger partial charge on any atom is 0.199 e. The van der Waals surface area contributed by atoms with Crippen LogP contribution in [0.2, 0.25) is 32.7 Å². The lowest BCUT2D eigenvalue weighted by molar-refractivity contribution is -0.0376. The molecule has 0 heterocycles. The van der Waals surface area contributed by atoms with Crippen molar-refractivity contribution < 1.29 is 13.6 Å². The van der Waals surface area contributed by atoms with Gasteiger partial charge in [0.05, 0.1) is 12.8 Å². The van der Waals surface area contributed by atoms with Crippen molar-refractivity contribution >= 4 is 16.6 Å². The summed E-state index contributed by atoms with van der Waals surface area (Å²) in [5.74, 6) is 0. The van der Waals surface area contributed by atoms with Gasteiger partial charge in [-0.3, -0.25) is 4.90 Å². The molecular weight excluding hydrogens is 274 g/mol. The van der Waals surface area contributed by atoms with Gasteiger partial charge in [0.2, 0.25) is 0 Å². The quantitative estimate of drug-likeness (QED) is 0.353. The van der Waals surface area contributed by atoms with Crippen LogP contribution >= 0.6 is 0 Å². The molecule has 0 rings (SSSR count). The number of likely N-dealkylation sites (N-methyl/N-ethyl adjacent to an activating group) is 1. The topological polar surface area (TPSA) is 30.9 Å². The number of nitrogens with zero attached hydrogens (tertiary/aromatic N) is 1. The smallest absolute Gasteiger partial charge is 0.199 e. The minimum Gasteiger partial charge on any atom is -0.454 e. The summed E-state index contributed by atoms with van der Waals surface area (Å²) in [5, 5.41) is 0. The first-order valence-electron chi connectivity index (χ1n) is 7.17. The molecule has 0 aromatic heterocycles. The summed E-state index contributed by atoms with van der Waals surface area (Å²) in [7, 11) is -1.05. The summed E-state index contributed by atoms with van der Waals surface area (Å²) in [6.07, 6.45) is 0.922. The standard InChI is InChI=1S/C13H33NO3Si2/c1-9-16-13(2)14(3)10-11-15-12-19(7,8)17-18(4,5)6/h13H,9-12H2,1-8H3. The average Bonchev–Trinajstić information content (AvgIpc) is 2.21. The molecule has 0 N–H and O–H groups in total. The molecule has 19 heavy (non-hydrogen) atoms. The molecular formula is C13H33NO3Si2. The van der Waals surface area contributed by atoms with Crippen molar-refractivity contribution in [2.45, 2.75) is 52.8 Å². The van der Waals surface area contributed by atoms with Gasteiger partial charge in [0, 0.05) is 13.2 Å². The van der Waals surface area contributed by atoms with Gasteiger partial charge in [-0.2, -0.15) is 0 Å². The van der Waals surface area contributed by atoms with E-state index in [9.17, 15) is 0 Å². The van der Waals surface area contributed by atoms with E-state index in [1.165, 1.54) is 0 Å². The molecule has 0 aliphatic carbocycles. The molecule has 0 saturated carbocycles. The van der Waals surface area contributed by atoms with Gasteiger partial charge in [0.15, 0.2) is 16.6 Å². The van der Waals surface area contributed by atoms with Crippen LogP contribution < -0.4 is 0 Å². The highest BCUT2D eigenvalue weighted by atomic mass is 28.4. The second-order valence-electron chi connectivity index (χ2n) is 6.56. The maximum absolute atomic E-state index is 6.23. The fourth-order valence-electron chi connectivity index (χ4n) is 1.94. The van der Waals surface area contributed by atoms with Crippen molar-refractivity contribution in [3.8, 4) is 0 Å². The van der Waals surface area contributed by atoms with Gasteiger partial charge < -0.3 is 13.6 Å². The molecule has 116 valence electrons. The van der Waals surface area contributed by atoms with Crippen LogP contribution in [0.25, 0.3) is 0 Å². The van der Waals surface area contributed by atoms with Crippen molar-refractivity contribution in [2.24, 2.45) is 0 Å². The van der Waals surface area contributed by atoms with Crippen molar-refractivity contribution in [1.29, 1.82) is 0 Å². The summed E-state index contributed by atoms with van der Waals surface area (Å²) >= 11 is 0. The lowest BCUT2D eigenvalue weighted by Crippen LogP contribution is -2.46. The van der Waals surface area contributed by atoms with Gasteiger partial charge in [-0.1, -0.05) is 0 Å². The third-order valence-corrected chi connectivity index (χ3v) is 8.21. The first kappa shape index (κ1) is 19.3. The molecule has 0 spiro atoms. The summed E-state index contributed by atoms with van der Waals surface area (Å²) in [6, 6.07) is 0. The van der Waals surface area contributed by atoms with Crippen LogP contribution in [-0.4, -0.2) is 60.8 Å². The van der Waals surface area contributed by atoms with Gasteiger partial charge in [0.25, 0.3) is 0 Å². The van der Waals surface area contributed by atoms with E-state index in [2.05, 4.69) is 51.6 Å². The van der Waals surface area contributed by atoms with Gasteiger partial charge >= 0.3 is 0 Å². The number of ether oxygens (including phenoxy) is 2. The lowest BCUT2D eigenvalue weighted by Gasteiger charge is -2.31. The molecule has 4 nitrogen and oxygen atoms in total. The summed E-state index contributed by atoms with van der Waals surface area (Å²) < 4.78 is 17.6. The highest BCUT2D eigenvalue weighted by Gasteiger charge is 2.29. The Morgan fingerprint density at radius 2 is 1.68 bits per heavy atom. The van der Waals surface area contributed by atoms with E-state index < -0.39 is 16.6 Å². The Bertz CT molecular complexity index is 245. The molecule has 1 atom stereocenters. The largest absolute Gasteiger partial charge is 0.454 e. The Morgan fingerprint density at radius 3 is 2.16 bits per heavy atom. The fourth-order valence-corrected chi connectivity index (χ4v) is 9.44. The molecule has 0 fully saturated rings. The first-order chi connectivity index (χ1) is 8.57. The van der Waals surface area contributed by atoms with Crippen molar-refractivity contribution in [3.05, 3.63) is 0 Å². The molecule has 1 unspecified atom stereocenters. The zero-order valence-corrected chi connectivity index (χ0v) is 16.1. The zero-order chi connectivity index (χ0) is 15.1. The Balaban J connectivity index is 3.85. The Kier molecular flexibility index (Phi) is 8.66. The van der Waals surface area contributed by atoms with Crippen LogP contribution in [-0.2, 0) is 13.6 Å². The van der Waals surface area contributed by atoms with Gasteiger partial charge in [-0.15, -0.1) is 0 Å². The van der Waals surface area contributed by atoms with Crippen LogP contribution in [0.1, 0.15) is 13.8 Å². The Hall–Kier alpha value is 0.274. The molecule has 0 aromatic rings. The highest BCUT2D eigenvalue weighted by Crippen LogP contribution is 2.14. The van der Waals surface area contributed by atoms with Crippen LogP contribution in [0.15, 0.2) is 0 Å². The van der Waals surface area contributed by atoms with E-state index in [-0.39, 0.29) is 6.23 Å². The van der Waals surface area contributed by atoms with Gasteiger partial charge in [0.1, 0.15) is 6.23 Å². The lowest BCUT2D eigenvalue weighted by atomic mass is 10.5. The van der Waals surface area contributed by atoms with Crippen molar-refractivity contribution in [2.75, 3.05) is 33.0 Å². The molecule has 0 aromatic carbocycles. The number of hydrogen-bond acceptors (Lipinski definition) is 4. The van der Waals surface area contributed by atoms with Gasteiger partial charge in [-0.05, 0) is 53.6 Å². The van der Waals surface area contributed by atoms with Crippen molar-refractivity contribution in [3.63, 3.8) is 0 Å². The second kappa shape index (κ2) is 8.54. The van der Waals surface area contributed by atoms with E-state index in [1.54, 1.807) is 0 Å². The summed E-state index contributed by atoms with van der Waals surface area (Å²) in [5.41, 5.74) is 0. The van der Waals surface area contributed by atoms with Crippen LogP contribution in [0.5, 0.6) is 0 Å². The average molecular weight is 308 g/mol. The van der Waals surface area contributed by atoms with E-state index >= 15 is 0 Å². The van der Waals surface area contributed by atoms with E-state index in [0.29, 0.717) is 0 Å². The summed E-state index contributed by atoms with van der Waals surface area (Å²) in [4.78, 5) is 2.16. The molecule has 0 radical (unpaired) electrons. The third kappa shape index (κ3) is 10.7. The Morgan fingerprint density at radius 1 is 1.11 bits per heavy atom. The number of rotatable bonds is 10. The molecule has 0 bridgehead atoms. The van der Waals surface area contributed by atoms with E-state index in [0.717, 1.165) is 26.0 Å². The molecule has 6 heteroatoms. The first-order valence-corrected chi connectivity index (χ1v) is 13.7. The second-order valence-corrected chi connectivity index (χ2v) is 15.4. The highest BCUT2D eigenvalue weighted by molar-refractivity contribution is 6.84. The minimum absolute atomic E-state index is 0.150. The predicted octanol–water partition coefficient (Wildman–Crippen LogP) is 2.91. The Labute approximate surface area is 121 Å². The van der Waals surface area contributed by atoms with Crippen LogP contribution in [0, 0.1) is 0 Å². The van der Waals surface area contributed by atoms with Crippen molar-refractivity contribution in [1.82, 2.24) is 4.90 Å². The van der Waals surface area contributed by atoms with Gasteiger partial charge in [-0.25, -0.2) is 0 Å². The van der Waals surface area contributed by atoms with Crippen LogP contribution in [0.3, 0.4) is 0 Å². The number of hydrogen-bond donors (Lipinski definition) is 0. The molecule has 0 aliphatic rings. The summed E-state index contributed by atoms with van der Waals surface area (Å²) in [6.45, 7) is 17.6. The predicted molar refractivity (Wildman–Crippen MR) is 86.5 cm³/mol.